The first kappa shape index (κ1) is 21.8. The van der Waals surface area contributed by atoms with Crippen LogP contribution in [0.3, 0.4) is 0 Å². The SMILES string of the molecule is C[C@H]1CC2CN(C(=O)CCNC3(c4ccc(F)cc4F)CC3)CC1N2c1ccc(C#N)cn1. The molecule has 1 aromatic heterocycles. The quantitative estimate of drug-likeness (QED) is 0.730. The van der Waals surface area contributed by atoms with Gasteiger partial charge in [-0.3, -0.25) is 4.79 Å². The Hall–Kier alpha value is -3.05. The van der Waals surface area contributed by atoms with E-state index in [4.69, 9.17) is 5.26 Å². The van der Waals surface area contributed by atoms with Gasteiger partial charge in [-0.1, -0.05) is 13.0 Å². The van der Waals surface area contributed by atoms with Gasteiger partial charge in [-0.05, 0) is 43.4 Å². The van der Waals surface area contributed by atoms with Crippen LogP contribution in [0.5, 0.6) is 0 Å². The number of hydrogen-bond acceptors (Lipinski definition) is 5. The zero-order valence-corrected chi connectivity index (χ0v) is 18.6. The fourth-order valence-corrected chi connectivity index (χ4v) is 5.51. The van der Waals surface area contributed by atoms with E-state index in [0.29, 0.717) is 43.1 Å². The minimum atomic E-state index is -0.582. The number of rotatable bonds is 6. The molecule has 0 radical (unpaired) electrons. The standard InChI is InChI=1S/C25H27F2N5O/c1-16-10-19-14-31(15-22(16)32(19)23-5-2-17(12-28)13-29-23)24(33)6-9-30-25(7-8-25)20-4-3-18(26)11-21(20)27/h2-5,11,13,16,19,22,30H,6-10,14-15H2,1H3/t16-,19?,22?/m0/s1. The Bertz CT molecular complexity index is 1090. The van der Waals surface area contributed by atoms with E-state index in [1.54, 1.807) is 12.3 Å². The van der Waals surface area contributed by atoms with E-state index in [1.165, 1.54) is 12.1 Å². The molecule has 6 nitrogen and oxygen atoms in total. The van der Waals surface area contributed by atoms with Gasteiger partial charge in [-0.15, -0.1) is 0 Å². The number of fused-ring (bicyclic) bond motifs is 2. The Balaban J connectivity index is 1.19. The van der Waals surface area contributed by atoms with Crippen LogP contribution < -0.4 is 10.2 Å². The van der Waals surface area contributed by atoms with Gasteiger partial charge in [0, 0.05) is 55.5 Å². The van der Waals surface area contributed by atoms with E-state index in [0.717, 1.165) is 31.1 Å². The van der Waals surface area contributed by atoms with Crippen LogP contribution in [0.1, 0.15) is 43.7 Å². The molecule has 2 aliphatic heterocycles. The molecule has 3 aliphatic rings. The predicted molar refractivity (Wildman–Crippen MR) is 119 cm³/mol. The Morgan fingerprint density at radius 3 is 2.73 bits per heavy atom. The molecule has 3 fully saturated rings. The number of nitrogens with zero attached hydrogens (tertiary/aromatic N) is 4. The number of anilines is 1. The molecule has 1 saturated carbocycles. The lowest BCUT2D eigenvalue weighted by atomic mass is 10.0. The lowest BCUT2D eigenvalue weighted by molar-refractivity contribution is -0.132. The summed E-state index contributed by atoms with van der Waals surface area (Å²) in [5.41, 5.74) is 0.534. The van der Waals surface area contributed by atoms with Gasteiger partial charge in [0.15, 0.2) is 0 Å². The molecule has 3 heterocycles. The van der Waals surface area contributed by atoms with Gasteiger partial charge in [-0.2, -0.15) is 5.26 Å². The van der Waals surface area contributed by atoms with Crippen LogP contribution in [-0.2, 0) is 10.3 Å². The number of aromatic nitrogens is 1. The van der Waals surface area contributed by atoms with Crippen molar-refractivity contribution in [3.05, 3.63) is 59.3 Å². The van der Waals surface area contributed by atoms with E-state index in [-0.39, 0.29) is 18.0 Å². The van der Waals surface area contributed by atoms with Crippen molar-refractivity contribution in [3.63, 3.8) is 0 Å². The molecule has 1 aromatic carbocycles. The maximum Gasteiger partial charge on any atom is 0.223 e. The molecule has 3 atom stereocenters. The van der Waals surface area contributed by atoms with Crippen molar-refractivity contribution in [1.82, 2.24) is 15.2 Å². The van der Waals surface area contributed by atoms with Crippen molar-refractivity contribution >= 4 is 11.7 Å². The maximum absolute atomic E-state index is 14.2. The number of piperazine rings is 1. The predicted octanol–water partition coefficient (Wildman–Crippen LogP) is 3.33. The van der Waals surface area contributed by atoms with Gasteiger partial charge in [0.25, 0.3) is 0 Å². The third-order valence-corrected chi connectivity index (χ3v) is 7.38. The highest BCUT2D eigenvalue weighted by Crippen LogP contribution is 2.46. The largest absolute Gasteiger partial charge is 0.347 e. The van der Waals surface area contributed by atoms with Gasteiger partial charge < -0.3 is 15.1 Å². The highest BCUT2D eigenvalue weighted by Gasteiger charge is 2.47. The van der Waals surface area contributed by atoms with E-state index in [2.05, 4.69) is 28.2 Å². The summed E-state index contributed by atoms with van der Waals surface area (Å²) in [6, 6.07) is 9.88. The number of carbonyl (C=O) groups excluding carboxylic acids is 1. The molecular weight excluding hydrogens is 424 g/mol. The number of carbonyl (C=O) groups is 1. The average Bonchev–Trinajstić information content (AvgIpc) is 3.55. The second kappa shape index (κ2) is 8.38. The van der Waals surface area contributed by atoms with Gasteiger partial charge in [-0.25, -0.2) is 13.8 Å². The lowest BCUT2D eigenvalue weighted by Crippen LogP contribution is -2.56. The molecule has 1 N–H and O–H groups in total. The summed E-state index contributed by atoms with van der Waals surface area (Å²) in [7, 11) is 0. The number of nitriles is 1. The molecule has 1 amide bonds. The van der Waals surface area contributed by atoms with Crippen molar-refractivity contribution in [2.45, 2.75) is 50.2 Å². The van der Waals surface area contributed by atoms with Crippen LogP contribution in [0.15, 0.2) is 36.5 Å². The molecule has 1 aliphatic carbocycles. The summed E-state index contributed by atoms with van der Waals surface area (Å²) in [4.78, 5) is 21.7. The first-order chi connectivity index (χ1) is 15.9. The number of halogens is 2. The normalized spacial score (nSPS) is 25.1. The number of nitrogens with one attached hydrogen (secondary N) is 1. The fraction of sp³-hybridized carbons (Fsp3) is 0.480. The summed E-state index contributed by atoms with van der Waals surface area (Å²) in [5, 5.41) is 12.4. The first-order valence-corrected chi connectivity index (χ1v) is 11.5. The molecule has 2 unspecified atom stereocenters. The first-order valence-electron chi connectivity index (χ1n) is 11.5. The number of hydrogen-bond donors (Lipinski definition) is 1. The average molecular weight is 452 g/mol. The summed E-state index contributed by atoms with van der Waals surface area (Å²) in [6.07, 6.45) is 4.50. The molecule has 172 valence electrons. The zero-order valence-electron chi connectivity index (χ0n) is 18.6. The minimum absolute atomic E-state index is 0.0921. The second-order valence-electron chi connectivity index (χ2n) is 9.54. The third-order valence-electron chi connectivity index (χ3n) is 7.38. The van der Waals surface area contributed by atoms with Gasteiger partial charge in [0.05, 0.1) is 11.6 Å². The van der Waals surface area contributed by atoms with Gasteiger partial charge in [0.1, 0.15) is 23.5 Å². The summed E-state index contributed by atoms with van der Waals surface area (Å²) >= 11 is 0. The molecule has 5 rings (SSSR count). The number of benzene rings is 1. The van der Waals surface area contributed by atoms with Crippen molar-refractivity contribution < 1.29 is 13.6 Å². The van der Waals surface area contributed by atoms with Crippen LogP contribution in [0.2, 0.25) is 0 Å². The number of amides is 1. The Labute approximate surface area is 192 Å². The number of likely N-dealkylation sites (tertiary alicyclic amines) is 1. The highest BCUT2D eigenvalue weighted by molar-refractivity contribution is 5.77. The summed E-state index contributed by atoms with van der Waals surface area (Å²) in [5.74, 6) is 0.277. The molecule has 8 heteroatoms. The minimum Gasteiger partial charge on any atom is -0.347 e. The van der Waals surface area contributed by atoms with Crippen LogP contribution in [0, 0.1) is 28.9 Å². The Kier molecular flexibility index (Phi) is 5.53. The highest BCUT2D eigenvalue weighted by atomic mass is 19.1. The van der Waals surface area contributed by atoms with Crippen molar-refractivity contribution in [2.75, 3.05) is 24.5 Å². The monoisotopic (exact) mass is 451 g/mol. The Morgan fingerprint density at radius 2 is 2.09 bits per heavy atom. The fourth-order valence-electron chi connectivity index (χ4n) is 5.51. The van der Waals surface area contributed by atoms with Crippen LogP contribution in [0.4, 0.5) is 14.6 Å². The molecular formula is C25H27F2N5O. The third kappa shape index (κ3) is 4.06. The lowest BCUT2D eigenvalue weighted by Gasteiger charge is -2.42. The molecule has 2 aromatic rings. The van der Waals surface area contributed by atoms with Gasteiger partial charge >= 0.3 is 0 Å². The van der Waals surface area contributed by atoms with Crippen molar-refractivity contribution in [1.29, 1.82) is 5.26 Å². The topological polar surface area (TPSA) is 72.3 Å². The van der Waals surface area contributed by atoms with Crippen molar-refractivity contribution in [3.8, 4) is 6.07 Å². The van der Waals surface area contributed by atoms with Crippen LogP contribution in [0.25, 0.3) is 0 Å². The van der Waals surface area contributed by atoms with Crippen LogP contribution >= 0.6 is 0 Å². The molecule has 33 heavy (non-hydrogen) atoms. The smallest absolute Gasteiger partial charge is 0.223 e. The zero-order chi connectivity index (χ0) is 23.2. The summed E-state index contributed by atoms with van der Waals surface area (Å²) < 4.78 is 27.5. The van der Waals surface area contributed by atoms with E-state index in [9.17, 15) is 13.6 Å². The second-order valence-corrected chi connectivity index (χ2v) is 9.54. The number of pyridine rings is 1. The van der Waals surface area contributed by atoms with E-state index >= 15 is 0 Å². The molecule has 0 spiro atoms. The van der Waals surface area contributed by atoms with Crippen molar-refractivity contribution in [2.24, 2.45) is 5.92 Å². The maximum atomic E-state index is 14.2. The summed E-state index contributed by atoms with van der Waals surface area (Å²) in [6.45, 7) is 3.97. The van der Waals surface area contributed by atoms with Crippen LogP contribution in [-0.4, -0.2) is 47.5 Å². The van der Waals surface area contributed by atoms with Gasteiger partial charge in [0.2, 0.25) is 5.91 Å². The molecule has 2 saturated heterocycles. The Morgan fingerprint density at radius 1 is 1.27 bits per heavy atom. The molecule has 2 bridgehead atoms. The van der Waals surface area contributed by atoms with E-state index in [1.807, 2.05) is 11.0 Å². The van der Waals surface area contributed by atoms with E-state index < -0.39 is 17.2 Å².